The van der Waals surface area contributed by atoms with Crippen LogP contribution in [-0.2, 0) is 24.1 Å². The molecule has 1 N–H and O–H groups in total. The lowest BCUT2D eigenvalue weighted by Crippen LogP contribution is -2.31. The van der Waals surface area contributed by atoms with Crippen LogP contribution in [0.2, 0.25) is 5.02 Å². The van der Waals surface area contributed by atoms with Crippen LogP contribution < -0.4 is 10.2 Å². The van der Waals surface area contributed by atoms with Gasteiger partial charge in [0.2, 0.25) is 5.91 Å². The molecular weight excluding hydrogens is 396 g/mol. The van der Waals surface area contributed by atoms with Gasteiger partial charge in [-0.25, -0.2) is 0 Å². The minimum Gasteiger partial charge on any atom is -0.316 e. The molecule has 0 saturated carbocycles. The van der Waals surface area contributed by atoms with Crippen molar-refractivity contribution in [3.05, 3.63) is 63.7 Å². The highest BCUT2D eigenvalue weighted by molar-refractivity contribution is 6.31. The van der Waals surface area contributed by atoms with Crippen molar-refractivity contribution in [3.8, 4) is 0 Å². The Kier molecular flexibility index (Phi) is 6.86. The van der Waals surface area contributed by atoms with Crippen LogP contribution in [-0.4, -0.2) is 31.3 Å². The van der Waals surface area contributed by atoms with Crippen LogP contribution >= 0.6 is 11.6 Å². The van der Waals surface area contributed by atoms with E-state index in [0.717, 1.165) is 80.0 Å². The van der Waals surface area contributed by atoms with Gasteiger partial charge in [0.05, 0.1) is 12.1 Å². The molecule has 0 radical (unpaired) electrons. The summed E-state index contributed by atoms with van der Waals surface area (Å²) in [5.41, 5.74) is 5.28. The number of hydrogen-bond donors (Lipinski definition) is 1. The SMILES string of the molecule is O=C(CCCCCNCCc1ccccc1Cl)c1cc2c3c(c1)CC(=O)N3CCC2. The highest BCUT2D eigenvalue weighted by atomic mass is 35.5. The van der Waals surface area contributed by atoms with E-state index in [1.54, 1.807) is 0 Å². The third kappa shape index (κ3) is 4.76. The van der Waals surface area contributed by atoms with E-state index in [-0.39, 0.29) is 11.7 Å². The van der Waals surface area contributed by atoms with Gasteiger partial charge in [0, 0.05) is 23.6 Å². The summed E-state index contributed by atoms with van der Waals surface area (Å²) in [7, 11) is 0. The first-order valence-electron chi connectivity index (χ1n) is 11.1. The lowest BCUT2D eigenvalue weighted by atomic mass is 9.94. The van der Waals surface area contributed by atoms with E-state index in [2.05, 4.69) is 11.4 Å². The van der Waals surface area contributed by atoms with Gasteiger partial charge in [0.15, 0.2) is 5.78 Å². The lowest BCUT2D eigenvalue weighted by molar-refractivity contribution is -0.117. The van der Waals surface area contributed by atoms with Crippen LogP contribution in [0.1, 0.15) is 59.2 Å². The number of anilines is 1. The molecule has 0 aromatic heterocycles. The molecule has 0 saturated heterocycles. The molecule has 2 aliphatic heterocycles. The average Bonchev–Trinajstić information content (AvgIpc) is 3.08. The Morgan fingerprint density at radius 3 is 2.77 bits per heavy atom. The van der Waals surface area contributed by atoms with E-state index < -0.39 is 0 Å². The van der Waals surface area contributed by atoms with E-state index in [0.29, 0.717) is 12.8 Å². The maximum Gasteiger partial charge on any atom is 0.231 e. The molecule has 1 amide bonds. The van der Waals surface area contributed by atoms with E-state index in [9.17, 15) is 9.59 Å². The zero-order valence-corrected chi connectivity index (χ0v) is 18.1. The Balaban J connectivity index is 1.17. The van der Waals surface area contributed by atoms with Crippen molar-refractivity contribution in [1.82, 2.24) is 5.32 Å². The number of nitrogens with one attached hydrogen (secondary N) is 1. The number of Topliss-reactive ketones (excluding diaryl/α,β-unsaturated/α-hetero) is 1. The Hall–Kier alpha value is -2.17. The number of amides is 1. The smallest absolute Gasteiger partial charge is 0.231 e. The molecule has 2 aromatic carbocycles. The largest absolute Gasteiger partial charge is 0.316 e. The Labute approximate surface area is 183 Å². The topological polar surface area (TPSA) is 49.4 Å². The third-order valence-corrected chi connectivity index (χ3v) is 6.49. The minimum atomic E-state index is 0.178. The number of benzene rings is 2. The molecule has 4 rings (SSSR count). The molecule has 30 heavy (non-hydrogen) atoms. The van der Waals surface area contributed by atoms with Gasteiger partial charge in [-0.15, -0.1) is 0 Å². The Morgan fingerprint density at radius 2 is 1.90 bits per heavy atom. The van der Waals surface area contributed by atoms with Gasteiger partial charge in [-0.1, -0.05) is 36.2 Å². The second-order valence-electron chi connectivity index (χ2n) is 8.29. The van der Waals surface area contributed by atoms with Crippen LogP contribution in [0.3, 0.4) is 0 Å². The van der Waals surface area contributed by atoms with Crippen molar-refractivity contribution in [3.63, 3.8) is 0 Å². The number of aryl methyl sites for hydroxylation is 1. The normalized spacial score (nSPS) is 14.8. The summed E-state index contributed by atoms with van der Waals surface area (Å²) in [4.78, 5) is 26.8. The predicted octanol–water partition coefficient (Wildman–Crippen LogP) is 4.75. The second-order valence-corrected chi connectivity index (χ2v) is 8.70. The lowest BCUT2D eigenvalue weighted by Gasteiger charge is -2.25. The summed E-state index contributed by atoms with van der Waals surface area (Å²) < 4.78 is 0. The number of carbonyl (C=O) groups is 2. The zero-order valence-electron chi connectivity index (χ0n) is 17.4. The highest BCUT2D eigenvalue weighted by Crippen LogP contribution is 2.37. The molecule has 2 heterocycles. The summed E-state index contributed by atoms with van der Waals surface area (Å²) in [5.74, 6) is 0.384. The summed E-state index contributed by atoms with van der Waals surface area (Å²) in [5, 5.41) is 4.29. The maximum absolute atomic E-state index is 12.7. The third-order valence-electron chi connectivity index (χ3n) is 6.12. The first-order chi connectivity index (χ1) is 14.6. The summed E-state index contributed by atoms with van der Waals surface area (Å²) in [6.07, 6.45) is 6.91. The highest BCUT2D eigenvalue weighted by Gasteiger charge is 2.32. The van der Waals surface area contributed by atoms with Crippen LogP contribution in [0.25, 0.3) is 0 Å². The predicted molar refractivity (Wildman–Crippen MR) is 122 cm³/mol. The van der Waals surface area contributed by atoms with Crippen molar-refractivity contribution < 1.29 is 9.59 Å². The summed E-state index contributed by atoms with van der Waals surface area (Å²) in [6, 6.07) is 12.0. The molecule has 0 bridgehead atoms. The molecule has 0 unspecified atom stereocenters. The van der Waals surface area contributed by atoms with E-state index in [4.69, 9.17) is 11.6 Å². The van der Waals surface area contributed by atoms with Crippen molar-refractivity contribution in [2.45, 2.75) is 51.4 Å². The van der Waals surface area contributed by atoms with Gasteiger partial charge in [-0.05, 0) is 80.1 Å². The van der Waals surface area contributed by atoms with Crippen molar-refractivity contribution in [2.75, 3.05) is 24.5 Å². The number of hydrogen-bond acceptors (Lipinski definition) is 3. The first-order valence-corrected chi connectivity index (χ1v) is 11.4. The Bertz CT molecular complexity index is 941. The van der Waals surface area contributed by atoms with Crippen LogP contribution in [0, 0.1) is 0 Å². The minimum absolute atomic E-state index is 0.178. The van der Waals surface area contributed by atoms with E-state index in [1.165, 1.54) is 11.1 Å². The number of ketones is 1. The van der Waals surface area contributed by atoms with Crippen molar-refractivity contribution >= 4 is 29.0 Å². The molecule has 2 aliphatic rings. The fourth-order valence-electron chi connectivity index (χ4n) is 4.55. The fraction of sp³-hybridized carbons (Fsp3) is 0.440. The van der Waals surface area contributed by atoms with E-state index >= 15 is 0 Å². The van der Waals surface area contributed by atoms with E-state index in [1.807, 2.05) is 35.2 Å². The standard InChI is InChI=1S/C25H29ClN2O2/c26-22-9-4-3-7-18(22)11-13-27-12-5-1-2-10-23(29)20-15-19-8-6-14-28-24(30)17-21(16-20)25(19)28/h3-4,7,9,15-16,27H,1-2,5-6,8,10-14,17H2. The maximum atomic E-state index is 12.7. The molecular formula is C25H29ClN2O2. The number of halogens is 1. The molecule has 0 aliphatic carbocycles. The molecule has 2 aromatic rings. The fourth-order valence-corrected chi connectivity index (χ4v) is 4.78. The van der Waals surface area contributed by atoms with Gasteiger partial charge in [-0.2, -0.15) is 0 Å². The second kappa shape index (κ2) is 9.76. The van der Waals surface area contributed by atoms with Gasteiger partial charge in [0.25, 0.3) is 0 Å². The average molecular weight is 425 g/mol. The van der Waals surface area contributed by atoms with Crippen LogP contribution in [0.15, 0.2) is 36.4 Å². The number of unbranched alkanes of at least 4 members (excludes halogenated alkanes) is 2. The Morgan fingerprint density at radius 1 is 1.07 bits per heavy atom. The van der Waals surface area contributed by atoms with Gasteiger partial charge >= 0.3 is 0 Å². The molecule has 0 atom stereocenters. The van der Waals surface area contributed by atoms with Crippen LogP contribution in [0.5, 0.6) is 0 Å². The molecule has 4 nitrogen and oxygen atoms in total. The first kappa shape index (κ1) is 21.1. The summed E-state index contributed by atoms with van der Waals surface area (Å²) >= 11 is 6.17. The summed E-state index contributed by atoms with van der Waals surface area (Å²) in [6.45, 7) is 2.69. The molecule has 5 heteroatoms. The van der Waals surface area contributed by atoms with Gasteiger partial charge < -0.3 is 10.2 Å². The number of rotatable bonds is 10. The van der Waals surface area contributed by atoms with Crippen molar-refractivity contribution in [1.29, 1.82) is 0 Å². The zero-order chi connectivity index (χ0) is 20.9. The monoisotopic (exact) mass is 424 g/mol. The molecule has 158 valence electrons. The van der Waals surface area contributed by atoms with Gasteiger partial charge in [0.1, 0.15) is 0 Å². The van der Waals surface area contributed by atoms with Crippen molar-refractivity contribution in [2.24, 2.45) is 0 Å². The van der Waals surface area contributed by atoms with Crippen LogP contribution in [0.4, 0.5) is 5.69 Å². The molecule has 0 fully saturated rings. The number of nitrogens with zero attached hydrogens (tertiary/aromatic N) is 1. The van der Waals surface area contributed by atoms with Gasteiger partial charge in [-0.3, -0.25) is 9.59 Å². The molecule has 0 spiro atoms. The number of carbonyl (C=O) groups excluding carboxylic acids is 2. The quantitative estimate of drug-likeness (QED) is 0.442.